The molecule has 0 amide bonds. The number of halogens is 4. The first-order chi connectivity index (χ1) is 16.4. The quantitative estimate of drug-likeness (QED) is 0.144. The van der Waals surface area contributed by atoms with Crippen LogP contribution in [0, 0.1) is 7.14 Å². The molecule has 0 bridgehead atoms. The molecule has 9 heteroatoms. The van der Waals surface area contributed by atoms with Gasteiger partial charge in [0.15, 0.2) is 17.2 Å². The highest BCUT2D eigenvalue weighted by Crippen LogP contribution is 2.38. The predicted octanol–water partition coefficient (Wildman–Crippen LogP) is 7.52. The summed E-state index contributed by atoms with van der Waals surface area (Å²) in [6, 6.07) is 16.8. The summed E-state index contributed by atoms with van der Waals surface area (Å²) in [6.45, 7) is 2.64. The Hall–Kier alpha value is -1.82. The number of aliphatic imine (C=N–C) groups is 1. The van der Waals surface area contributed by atoms with Crippen LogP contribution in [0.25, 0.3) is 6.08 Å². The van der Waals surface area contributed by atoms with E-state index in [9.17, 15) is 4.79 Å². The molecule has 1 aliphatic rings. The third kappa shape index (κ3) is 5.87. The van der Waals surface area contributed by atoms with E-state index >= 15 is 0 Å². The molecular formula is C25H17Cl2I2NO4. The summed E-state index contributed by atoms with van der Waals surface area (Å²) in [6.07, 6.45) is 1.59. The van der Waals surface area contributed by atoms with Gasteiger partial charge in [-0.2, -0.15) is 0 Å². The van der Waals surface area contributed by atoms with Gasteiger partial charge in [-0.15, -0.1) is 0 Å². The minimum atomic E-state index is -0.571. The monoisotopic (exact) mass is 719 g/mol. The SMILES string of the molecule is CCOc1cc(/C=C2\N=C(c3cc(I)ccc3Cl)OC2=O)cc(Cl)c1OCc1ccccc1I. The van der Waals surface area contributed by atoms with Crippen LogP contribution < -0.4 is 9.47 Å². The minimum absolute atomic E-state index is 0.135. The minimum Gasteiger partial charge on any atom is -0.490 e. The van der Waals surface area contributed by atoms with Gasteiger partial charge in [-0.05, 0) is 100 Å². The molecule has 174 valence electrons. The summed E-state index contributed by atoms with van der Waals surface area (Å²) >= 11 is 17.2. The number of carbonyl (C=O) groups excluding carboxylic acids is 1. The Bertz CT molecular complexity index is 1320. The van der Waals surface area contributed by atoms with Crippen LogP contribution in [0.15, 0.2) is 65.3 Å². The highest BCUT2D eigenvalue weighted by Gasteiger charge is 2.26. The summed E-state index contributed by atoms with van der Waals surface area (Å²) in [5, 5.41) is 0.810. The van der Waals surface area contributed by atoms with E-state index in [0.717, 1.165) is 12.7 Å². The number of nitrogens with zero attached hydrogens (tertiary/aromatic N) is 1. The van der Waals surface area contributed by atoms with Gasteiger partial charge in [-0.1, -0.05) is 41.4 Å². The molecule has 0 aliphatic carbocycles. The maximum Gasteiger partial charge on any atom is 0.363 e. The molecule has 0 spiro atoms. The topological polar surface area (TPSA) is 57.1 Å². The highest BCUT2D eigenvalue weighted by atomic mass is 127. The molecule has 4 rings (SSSR count). The second-order valence-corrected chi connectivity index (χ2v) is 10.3. The van der Waals surface area contributed by atoms with Crippen LogP contribution in [-0.2, 0) is 16.1 Å². The molecule has 0 radical (unpaired) electrons. The average Bonchev–Trinajstić information content (AvgIpc) is 3.16. The number of benzene rings is 3. The molecule has 0 atom stereocenters. The van der Waals surface area contributed by atoms with Crippen molar-refractivity contribution in [1.29, 1.82) is 0 Å². The lowest BCUT2D eigenvalue weighted by Crippen LogP contribution is -2.06. The van der Waals surface area contributed by atoms with Gasteiger partial charge in [0, 0.05) is 12.7 Å². The predicted molar refractivity (Wildman–Crippen MR) is 151 cm³/mol. The number of rotatable bonds is 7. The summed E-state index contributed by atoms with van der Waals surface area (Å²) in [5.41, 5.74) is 2.35. The molecule has 3 aromatic carbocycles. The molecular weight excluding hydrogens is 703 g/mol. The zero-order valence-corrected chi connectivity index (χ0v) is 23.6. The van der Waals surface area contributed by atoms with Gasteiger partial charge < -0.3 is 14.2 Å². The van der Waals surface area contributed by atoms with Crippen molar-refractivity contribution in [2.24, 2.45) is 4.99 Å². The van der Waals surface area contributed by atoms with Crippen LogP contribution in [-0.4, -0.2) is 18.5 Å². The average molecular weight is 720 g/mol. The van der Waals surface area contributed by atoms with E-state index in [4.69, 9.17) is 37.4 Å². The number of ether oxygens (including phenoxy) is 3. The summed E-state index contributed by atoms with van der Waals surface area (Å²) in [4.78, 5) is 16.8. The number of esters is 1. The van der Waals surface area contributed by atoms with Crippen molar-refractivity contribution in [1.82, 2.24) is 0 Å². The fourth-order valence-corrected chi connectivity index (χ4v) is 4.69. The van der Waals surface area contributed by atoms with Gasteiger partial charge in [0.1, 0.15) is 6.61 Å². The van der Waals surface area contributed by atoms with Crippen molar-refractivity contribution >= 4 is 86.3 Å². The second kappa shape index (κ2) is 11.3. The first-order valence-corrected chi connectivity index (χ1v) is 13.1. The summed E-state index contributed by atoms with van der Waals surface area (Å²) in [7, 11) is 0. The lowest BCUT2D eigenvalue weighted by atomic mass is 10.1. The zero-order valence-electron chi connectivity index (χ0n) is 17.8. The van der Waals surface area contributed by atoms with E-state index in [2.05, 4.69) is 50.2 Å². The van der Waals surface area contributed by atoms with Gasteiger partial charge in [-0.3, -0.25) is 0 Å². The van der Waals surface area contributed by atoms with Crippen LogP contribution in [0.2, 0.25) is 10.0 Å². The summed E-state index contributed by atoms with van der Waals surface area (Å²) < 4.78 is 19.2. The Morgan fingerprint density at radius 1 is 1.03 bits per heavy atom. The molecule has 0 fully saturated rings. The molecule has 0 aromatic heterocycles. The first kappa shape index (κ1) is 25.3. The normalized spacial score (nSPS) is 14.2. The third-order valence-electron chi connectivity index (χ3n) is 4.74. The van der Waals surface area contributed by atoms with Crippen molar-refractivity contribution in [3.05, 3.63) is 94.2 Å². The van der Waals surface area contributed by atoms with Crippen LogP contribution in [0.4, 0.5) is 0 Å². The number of carbonyl (C=O) groups is 1. The molecule has 5 nitrogen and oxygen atoms in total. The molecule has 0 saturated carbocycles. The second-order valence-electron chi connectivity index (χ2n) is 7.10. The maximum atomic E-state index is 12.5. The van der Waals surface area contributed by atoms with Crippen molar-refractivity contribution < 1.29 is 19.0 Å². The van der Waals surface area contributed by atoms with Crippen molar-refractivity contribution in [2.75, 3.05) is 6.61 Å². The van der Waals surface area contributed by atoms with Crippen LogP contribution in [0.1, 0.15) is 23.6 Å². The Morgan fingerprint density at radius 2 is 1.82 bits per heavy atom. The number of hydrogen-bond acceptors (Lipinski definition) is 5. The molecule has 0 unspecified atom stereocenters. The Balaban J connectivity index is 1.64. The van der Waals surface area contributed by atoms with E-state index in [1.807, 2.05) is 43.3 Å². The van der Waals surface area contributed by atoms with Crippen molar-refractivity contribution in [3.63, 3.8) is 0 Å². The van der Waals surface area contributed by atoms with E-state index in [0.29, 0.717) is 45.9 Å². The fourth-order valence-electron chi connectivity index (χ4n) is 3.18. The zero-order chi connectivity index (χ0) is 24.2. The maximum absolute atomic E-state index is 12.5. The van der Waals surface area contributed by atoms with E-state index in [1.54, 1.807) is 24.3 Å². The van der Waals surface area contributed by atoms with Crippen LogP contribution >= 0.6 is 68.4 Å². The molecule has 3 aromatic rings. The molecule has 0 N–H and O–H groups in total. The van der Waals surface area contributed by atoms with Gasteiger partial charge in [0.2, 0.25) is 5.90 Å². The van der Waals surface area contributed by atoms with Gasteiger partial charge in [-0.25, -0.2) is 9.79 Å². The Kier molecular flexibility index (Phi) is 8.39. The molecule has 34 heavy (non-hydrogen) atoms. The molecule has 1 heterocycles. The Morgan fingerprint density at radius 3 is 2.59 bits per heavy atom. The van der Waals surface area contributed by atoms with Gasteiger partial charge in [0.05, 0.1) is 22.2 Å². The number of cyclic esters (lactones) is 1. The first-order valence-electron chi connectivity index (χ1n) is 10.2. The lowest BCUT2D eigenvalue weighted by Gasteiger charge is -2.15. The molecule has 0 saturated heterocycles. The van der Waals surface area contributed by atoms with Crippen LogP contribution in [0.5, 0.6) is 11.5 Å². The van der Waals surface area contributed by atoms with E-state index in [1.165, 1.54) is 0 Å². The van der Waals surface area contributed by atoms with Gasteiger partial charge >= 0.3 is 5.97 Å². The standard InChI is InChI=1S/C25H17Cl2I2NO4/c1-2-32-22-11-14(9-19(27)23(22)33-13-15-5-3-4-6-20(15)29)10-21-25(31)34-24(30-21)17-12-16(28)7-8-18(17)26/h3-12H,2,13H2,1H3/b21-10-. The van der Waals surface area contributed by atoms with Crippen LogP contribution in [0.3, 0.4) is 0 Å². The van der Waals surface area contributed by atoms with E-state index in [-0.39, 0.29) is 11.6 Å². The van der Waals surface area contributed by atoms with E-state index < -0.39 is 5.97 Å². The van der Waals surface area contributed by atoms with Crippen molar-refractivity contribution in [2.45, 2.75) is 13.5 Å². The highest BCUT2D eigenvalue weighted by molar-refractivity contribution is 14.1. The fraction of sp³-hybridized carbons (Fsp3) is 0.120. The molecule has 1 aliphatic heterocycles. The lowest BCUT2D eigenvalue weighted by molar-refractivity contribution is -0.129. The number of hydrogen-bond donors (Lipinski definition) is 0. The smallest absolute Gasteiger partial charge is 0.363 e. The third-order valence-corrected chi connectivity index (χ3v) is 7.08. The Labute approximate surface area is 234 Å². The largest absolute Gasteiger partial charge is 0.490 e. The van der Waals surface area contributed by atoms with Crippen molar-refractivity contribution in [3.8, 4) is 11.5 Å². The van der Waals surface area contributed by atoms with Gasteiger partial charge in [0.25, 0.3) is 0 Å². The summed E-state index contributed by atoms with van der Waals surface area (Å²) in [5.74, 6) is 0.504.